The predicted octanol–water partition coefficient (Wildman–Crippen LogP) is 0.0928. The highest BCUT2D eigenvalue weighted by atomic mass is 16.6. The number of esters is 2. The second kappa shape index (κ2) is 5.07. The summed E-state index contributed by atoms with van der Waals surface area (Å²) in [4.78, 5) is 23.7. The Hall–Kier alpha value is -0.940. The summed E-state index contributed by atoms with van der Waals surface area (Å²) >= 11 is 0. The Morgan fingerprint density at radius 3 is 2.21 bits per heavy atom. The summed E-state index contributed by atoms with van der Waals surface area (Å²) in [6.45, 7) is 3.09. The Balaban J connectivity index is 4.64. The summed E-state index contributed by atoms with van der Waals surface area (Å²) < 4.78 is 4.48. The van der Waals surface area contributed by atoms with Gasteiger partial charge in [0.15, 0.2) is 5.66 Å². The highest BCUT2D eigenvalue weighted by Gasteiger charge is 2.38. The number of hydrogen-bond acceptors (Lipinski definition) is 5. The molecule has 0 amide bonds. The second-order valence-electron chi connectivity index (χ2n) is 3.45. The molecular formula is C9H18N2O3. The largest absolute Gasteiger partial charge is 0.391 e. The van der Waals surface area contributed by atoms with E-state index in [1.807, 2.05) is 6.92 Å². The first-order valence-electron chi connectivity index (χ1n) is 4.53. The minimum Gasteiger partial charge on any atom is -0.391 e. The molecule has 0 aromatic carbocycles. The van der Waals surface area contributed by atoms with Crippen molar-refractivity contribution in [3.63, 3.8) is 0 Å². The first kappa shape index (κ1) is 13.1. The number of carbonyl (C=O) groups excluding carboxylic acids is 2. The number of nitrogens with two attached hydrogens (primary N) is 1. The van der Waals surface area contributed by atoms with Crippen molar-refractivity contribution in [2.24, 2.45) is 5.73 Å². The van der Waals surface area contributed by atoms with Crippen LogP contribution in [0.15, 0.2) is 0 Å². The fourth-order valence-electron chi connectivity index (χ4n) is 1.11. The van der Waals surface area contributed by atoms with E-state index in [9.17, 15) is 9.59 Å². The van der Waals surface area contributed by atoms with Crippen molar-refractivity contribution in [1.82, 2.24) is 4.90 Å². The van der Waals surface area contributed by atoms with E-state index in [0.717, 1.165) is 6.42 Å². The van der Waals surface area contributed by atoms with Crippen LogP contribution >= 0.6 is 0 Å². The third kappa shape index (κ3) is 3.08. The Bertz CT molecular complexity index is 228. The predicted molar refractivity (Wildman–Crippen MR) is 52.3 cm³/mol. The highest BCUT2D eigenvalue weighted by Crippen LogP contribution is 2.14. The summed E-state index contributed by atoms with van der Waals surface area (Å²) in [5.41, 5.74) is 4.63. The fraction of sp³-hybridized carbons (Fsp3) is 0.778. The monoisotopic (exact) mass is 202 g/mol. The van der Waals surface area contributed by atoms with Crippen LogP contribution in [0, 0.1) is 0 Å². The molecule has 0 heterocycles. The van der Waals surface area contributed by atoms with E-state index in [-0.39, 0.29) is 0 Å². The van der Waals surface area contributed by atoms with Crippen molar-refractivity contribution in [3.8, 4) is 0 Å². The van der Waals surface area contributed by atoms with Gasteiger partial charge >= 0.3 is 11.9 Å². The Morgan fingerprint density at radius 1 is 1.43 bits per heavy atom. The Kier molecular flexibility index (Phi) is 4.73. The van der Waals surface area contributed by atoms with Gasteiger partial charge in [0.1, 0.15) is 0 Å². The lowest BCUT2D eigenvalue weighted by Gasteiger charge is -2.32. The molecule has 0 radical (unpaired) electrons. The number of hydrogen-bond donors (Lipinski definition) is 1. The number of ether oxygens (including phenoxy) is 1. The van der Waals surface area contributed by atoms with Crippen molar-refractivity contribution in [2.45, 2.75) is 32.4 Å². The zero-order chi connectivity index (χ0) is 11.4. The molecule has 14 heavy (non-hydrogen) atoms. The Morgan fingerprint density at radius 2 is 1.93 bits per heavy atom. The Labute approximate surface area is 84.2 Å². The molecule has 82 valence electrons. The van der Waals surface area contributed by atoms with Crippen LogP contribution in [0.1, 0.15) is 26.7 Å². The van der Waals surface area contributed by atoms with Gasteiger partial charge in [-0.25, -0.2) is 4.79 Å². The molecule has 1 unspecified atom stereocenters. The molecule has 5 heteroatoms. The average Bonchev–Trinajstić information content (AvgIpc) is 2.02. The first-order valence-corrected chi connectivity index (χ1v) is 4.53. The summed E-state index contributed by atoms with van der Waals surface area (Å²) in [5, 5.41) is 0. The maximum atomic E-state index is 11.5. The van der Waals surface area contributed by atoms with Gasteiger partial charge in [0.05, 0.1) is 0 Å². The summed E-state index contributed by atoms with van der Waals surface area (Å²) in [5.74, 6) is -1.33. The van der Waals surface area contributed by atoms with Gasteiger partial charge in [0.25, 0.3) is 0 Å². The minimum absolute atomic E-state index is 0.451. The zero-order valence-electron chi connectivity index (χ0n) is 9.16. The van der Waals surface area contributed by atoms with Crippen molar-refractivity contribution < 1.29 is 14.3 Å². The van der Waals surface area contributed by atoms with Gasteiger partial charge in [-0.1, -0.05) is 13.3 Å². The van der Waals surface area contributed by atoms with Crippen LogP contribution in [-0.4, -0.2) is 36.6 Å². The lowest BCUT2D eigenvalue weighted by atomic mass is 10.0. The summed E-state index contributed by atoms with van der Waals surface area (Å²) in [6.07, 6.45) is 1.19. The lowest BCUT2D eigenvalue weighted by molar-refractivity contribution is -0.167. The number of carbonyl (C=O) groups is 2. The van der Waals surface area contributed by atoms with Crippen LogP contribution in [0.2, 0.25) is 0 Å². The summed E-state index contributed by atoms with van der Waals surface area (Å²) in [6, 6.07) is 0. The van der Waals surface area contributed by atoms with E-state index in [2.05, 4.69) is 4.74 Å². The van der Waals surface area contributed by atoms with Crippen LogP contribution in [0.5, 0.6) is 0 Å². The normalized spacial score (nSPS) is 15.0. The molecule has 2 N–H and O–H groups in total. The second-order valence-corrected chi connectivity index (χ2v) is 3.45. The van der Waals surface area contributed by atoms with Gasteiger partial charge in [-0.2, -0.15) is 0 Å². The van der Waals surface area contributed by atoms with Gasteiger partial charge in [-0.15, -0.1) is 0 Å². The van der Waals surface area contributed by atoms with Crippen molar-refractivity contribution in [2.75, 3.05) is 14.1 Å². The number of likely N-dealkylation sites (N-methyl/N-ethyl adjacent to an activating group) is 1. The zero-order valence-corrected chi connectivity index (χ0v) is 9.16. The van der Waals surface area contributed by atoms with E-state index in [1.165, 1.54) is 6.92 Å². The lowest BCUT2D eigenvalue weighted by Crippen LogP contribution is -2.59. The number of nitrogens with zero attached hydrogens (tertiary/aromatic N) is 1. The maximum absolute atomic E-state index is 11.5. The summed E-state index contributed by atoms with van der Waals surface area (Å²) in [7, 11) is 3.36. The number of rotatable bonds is 4. The van der Waals surface area contributed by atoms with E-state index in [4.69, 9.17) is 5.73 Å². The topological polar surface area (TPSA) is 72.6 Å². The van der Waals surface area contributed by atoms with Gasteiger partial charge in [0.2, 0.25) is 0 Å². The van der Waals surface area contributed by atoms with Crippen LogP contribution < -0.4 is 5.73 Å². The molecular weight excluding hydrogens is 184 g/mol. The SMILES string of the molecule is CCCC(N)(C(=O)OC(C)=O)N(C)C. The molecule has 0 aromatic rings. The first-order chi connectivity index (χ1) is 6.34. The minimum atomic E-state index is -1.21. The molecule has 0 spiro atoms. The third-order valence-corrected chi connectivity index (χ3v) is 2.02. The van der Waals surface area contributed by atoms with Crippen LogP contribution in [0.4, 0.5) is 0 Å². The van der Waals surface area contributed by atoms with Gasteiger partial charge in [-0.05, 0) is 20.5 Å². The smallest absolute Gasteiger partial charge is 0.348 e. The van der Waals surface area contributed by atoms with Gasteiger partial charge in [0, 0.05) is 6.92 Å². The molecule has 0 aliphatic rings. The van der Waals surface area contributed by atoms with Gasteiger partial charge in [-0.3, -0.25) is 9.69 Å². The molecule has 0 bridgehead atoms. The van der Waals surface area contributed by atoms with E-state index in [1.54, 1.807) is 19.0 Å². The molecule has 0 fully saturated rings. The van der Waals surface area contributed by atoms with Gasteiger partial charge < -0.3 is 10.5 Å². The molecule has 0 aromatic heterocycles. The average molecular weight is 202 g/mol. The van der Waals surface area contributed by atoms with E-state index >= 15 is 0 Å². The third-order valence-electron chi connectivity index (χ3n) is 2.02. The van der Waals surface area contributed by atoms with E-state index < -0.39 is 17.6 Å². The van der Waals surface area contributed by atoms with Crippen LogP contribution in [-0.2, 0) is 14.3 Å². The molecule has 0 aliphatic heterocycles. The van der Waals surface area contributed by atoms with Crippen molar-refractivity contribution >= 4 is 11.9 Å². The van der Waals surface area contributed by atoms with Crippen LogP contribution in [0.3, 0.4) is 0 Å². The molecule has 1 atom stereocenters. The van der Waals surface area contributed by atoms with Crippen LogP contribution in [0.25, 0.3) is 0 Å². The molecule has 0 saturated heterocycles. The highest BCUT2D eigenvalue weighted by molar-refractivity contribution is 5.89. The maximum Gasteiger partial charge on any atom is 0.348 e. The van der Waals surface area contributed by atoms with E-state index in [0.29, 0.717) is 6.42 Å². The molecule has 0 rings (SSSR count). The fourth-order valence-corrected chi connectivity index (χ4v) is 1.11. The van der Waals surface area contributed by atoms with Crippen molar-refractivity contribution in [1.29, 1.82) is 0 Å². The standard InChI is InChI=1S/C9H18N2O3/c1-5-6-9(10,11(3)4)8(13)14-7(2)12/h5-6,10H2,1-4H3. The molecule has 5 nitrogen and oxygen atoms in total. The van der Waals surface area contributed by atoms with Crippen molar-refractivity contribution in [3.05, 3.63) is 0 Å². The molecule has 0 aliphatic carbocycles. The quantitative estimate of drug-likeness (QED) is 0.397. The molecule has 0 saturated carbocycles.